The Morgan fingerprint density at radius 1 is 1.11 bits per heavy atom. The fourth-order valence-electron chi connectivity index (χ4n) is 2.81. The first-order chi connectivity index (χ1) is 13.4. The Hall–Kier alpha value is -2.70. The van der Waals surface area contributed by atoms with E-state index in [0.29, 0.717) is 40.0 Å². The number of rotatable bonds is 6. The average molecular weight is 420 g/mol. The summed E-state index contributed by atoms with van der Waals surface area (Å²) in [5.41, 5.74) is 2.26. The number of nitrogens with one attached hydrogen (secondary N) is 1. The number of amides is 1. The highest BCUT2D eigenvalue weighted by atomic mass is 35.5. The number of ether oxygens (including phenoxy) is 2. The van der Waals surface area contributed by atoms with E-state index in [9.17, 15) is 4.79 Å². The zero-order valence-electron chi connectivity index (χ0n) is 15.6. The summed E-state index contributed by atoms with van der Waals surface area (Å²) in [6.07, 6.45) is 0. The van der Waals surface area contributed by atoms with Gasteiger partial charge in [0.25, 0.3) is 5.91 Å². The van der Waals surface area contributed by atoms with Crippen molar-refractivity contribution in [2.24, 2.45) is 0 Å². The zero-order valence-corrected chi connectivity index (χ0v) is 17.1. The molecule has 1 N–H and O–H groups in total. The summed E-state index contributed by atoms with van der Waals surface area (Å²) in [6.45, 7) is 2.20. The van der Waals surface area contributed by atoms with Gasteiger partial charge in [-0.3, -0.25) is 4.79 Å². The van der Waals surface area contributed by atoms with Gasteiger partial charge in [0, 0.05) is 6.07 Å². The maximum absolute atomic E-state index is 12.9. The van der Waals surface area contributed by atoms with E-state index in [0.717, 1.165) is 5.56 Å². The van der Waals surface area contributed by atoms with Crippen molar-refractivity contribution in [1.82, 2.24) is 9.78 Å². The van der Waals surface area contributed by atoms with Crippen molar-refractivity contribution in [2.75, 3.05) is 19.5 Å². The first-order valence-electron chi connectivity index (χ1n) is 8.44. The lowest BCUT2D eigenvalue weighted by Gasteiger charge is -2.13. The molecule has 146 valence electrons. The summed E-state index contributed by atoms with van der Waals surface area (Å²) in [6, 6.07) is 12.9. The number of anilines is 1. The Labute approximate surface area is 173 Å². The molecule has 1 amide bonds. The highest BCUT2D eigenvalue weighted by Crippen LogP contribution is 2.36. The van der Waals surface area contributed by atoms with E-state index in [-0.39, 0.29) is 5.15 Å². The number of aryl methyl sites for hydroxylation is 1. The van der Waals surface area contributed by atoms with Gasteiger partial charge in [0.1, 0.15) is 16.7 Å². The third-order valence-corrected chi connectivity index (χ3v) is 4.87. The molecule has 3 aromatic rings. The Balaban J connectivity index is 1.88. The molecule has 0 bridgehead atoms. The molecule has 0 atom stereocenters. The largest absolute Gasteiger partial charge is 0.495 e. The Kier molecular flexibility index (Phi) is 6.11. The van der Waals surface area contributed by atoms with E-state index >= 15 is 0 Å². The van der Waals surface area contributed by atoms with E-state index in [2.05, 4.69) is 10.4 Å². The summed E-state index contributed by atoms with van der Waals surface area (Å²) in [4.78, 5) is 12.9. The van der Waals surface area contributed by atoms with Gasteiger partial charge in [-0.25, -0.2) is 4.68 Å². The standard InChI is InChI=1S/C20H19Cl2N3O3/c1-12-18(19(22)25(24-12)11-13-7-5-4-6-8-13)20(26)23-15-9-14(21)16(27-2)10-17(15)28-3/h4-10H,11H2,1-3H3,(H,23,26). The summed E-state index contributed by atoms with van der Waals surface area (Å²) < 4.78 is 12.1. The topological polar surface area (TPSA) is 65.4 Å². The van der Waals surface area contributed by atoms with E-state index < -0.39 is 5.91 Å². The SMILES string of the molecule is COc1cc(OC)c(NC(=O)c2c(C)nn(Cc3ccccc3)c2Cl)cc1Cl. The van der Waals surface area contributed by atoms with Crippen LogP contribution in [-0.2, 0) is 6.54 Å². The molecule has 0 spiro atoms. The Morgan fingerprint density at radius 3 is 2.43 bits per heavy atom. The molecule has 0 radical (unpaired) electrons. The minimum atomic E-state index is -0.402. The number of aromatic nitrogens is 2. The molecule has 1 aromatic heterocycles. The van der Waals surface area contributed by atoms with Gasteiger partial charge < -0.3 is 14.8 Å². The lowest BCUT2D eigenvalue weighted by Crippen LogP contribution is -2.14. The summed E-state index contributed by atoms with van der Waals surface area (Å²) in [7, 11) is 3.00. The summed E-state index contributed by atoms with van der Waals surface area (Å²) in [5, 5.41) is 7.80. The van der Waals surface area contributed by atoms with Crippen molar-refractivity contribution in [3.05, 3.63) is 69.5 Å². The van der Waals surface area contributed by atoms with Crippen LogP contribution in [0.3, 0.4) is 0 Å². The molecule has 0 unspecified atom stereocenters. The van der Waals surface area contributed by atoms with Gasteiger partial charge in [0.15, 0.2) is 0 Å². The minimum absolute atomic E-state index is 0.262. The maximum atomic E-state index is 12.9. The zero-order chi connectivity index (χ0) is 20.3. The summed E-state index contributed by atoms with van der Waals surface area (Å²) in [5.74, 6) is 0.461. The molecular weight excluding hydrogens is 401 g/mol. The van der Waals surface area contributed by atoms with Crippen molar-refractivity contribution in [3.8, 4) is 11.5 Å². The normalized spacial score (nSPS) is 10.6. The second-order valence-corrected chi connectivity index (χ2v) is 6.80. The molecule has 8 heteroatoms. The molecule has 1 heterocycles. The predicted octanol–water partition coefficient (Wildman–Crippen LogP) is 4.82. The van der Waals surface area contributed by atoms with Crippen LogP contribution < -0.4 is 14.8 Å². The molecule has 0 aliphatic carbocycles. The van der Waals surface area contributed by atoms with Gasteiger partial charge in [-0.2, -0.15) is 5.10 Å². The highest BCUT2D eigenvalue weighted by molar-refractivity contribution is 6.34. The fourth-order valence-corrected chi connectivity index (χ4v) is 3.38. The van der Waals surface area contributed by atoms with E-state index in [1.807, 2.05) is 30.3 Å². The van der Waals surface area contributed by atoms with Gasteiger partial charge in [-0.1, -0.05) is 53.5 Å². The van der Waals surface area contributed by atoms with Crippen LogP contribution in [0.25, 0.3) is 0 Å². The third-order valence-electron chi connectivity index (χ3n) is 4.19. The Morgan fingerprint density at radius 2 is 1.79 bits per heavy atom. The predicted molar refractivity (Wildman–Crippen MR) is 110 cm³/mol. The van der Waals surface area contributed by atoms with Crippen molar-refractivity contribution in [2.45, 2.75) is 13.5 Å². The molecular formula is C20H19Cl2N3O3. The first-order valence-corrected chi connectivity index (χ1v) is 9.20. The van der Waals surface area contributed by atoms with E-state index in [1.54, 1.807) is 23.7 Å². The van der Waals surface area contributed by atoms with Gasteiger partial charge >= 0.3 is 0 Å². The van der Waals surface area contributed by atoms with Crippen molar-refractivity contribution in [3.63, 3.8) is 0 Å². The second-order valence-electron chi connectivity index (χ2n) is 6.04. The second kappa shape index (κ2) is 8.54. The van der Waals surface area contributed by atoms with Gasteiger partial charge in [0.2, 0.25) is 0 Å². The number of methoxy groups -OCH3 is 2. The summed E-state index contributed by atoms with van der Waals surface area (Å²) >= 11 is 12.6. The number of nitrogens with zero attached hydrogens (tertiary/aromatic N) is 2. The number of carbonyl (C=O) groups excluding carboxylic acids is 1. The van der Waals surface area contributed by atoms with Crippen LogP contribution in [0.1, 0.15) is 21.6 Å². The smallest absolute Gasteiger partial charge is 0.260 e. The third kappa shape index (κ3) is 4.08. The monoisotopic (exact) mass is 419 g/mol. The van der Waals surface area contributed by atoms with Crippen LogP contribution in [0.4, 0.5) is 5.69 Å². The molecule has 3 rings (SSSR count). The van der Waals surface area contributed by atoms with Gasteiger partial charge in [0.05, 0.1) is 42.7 Å². The number of hydrogen-bond acceptors (Lipinski definition) is 4. The fraction of sp³-hybridized carbons (Fsp3) is 0.200. The van der Waals surface area contributed by atoms with Crippen LogP contribution in [0.15, 0.2) is 42.5 Å². The molecule has 28 heavy (non-hydrogen) atoms. The van der Waals surface area contributed by atoms with Gasteiger partial charge in [-0.05, 0) is 18.6 Å². The molecule has 2 aromatic carbocycles. The molecule has 0 saturated carbocycles. The lowest BCUT2D eigenvalue weighted by atomic mass is 10.2. The molecule has 0 fully saturated rings. The van der Waals surface area contributed by atoms with Crippen LogP contribution in [0, 0.1) is 6.92 Å². The van der Waals surface area contributed by atoms with Crippen LogP contribution in [0.5, 0.6) is 11.5 Å². The minimum Gasteiger partial charge on any atom is -0.495 e. The number of hydrogen-bond donors (Lipinski definition) is 1. The molecule has 6 nitrogen and oxygen atoms in total. The first kappa shape index (κ1) is 20.0. The van der Waals surface area contributed by atoms with Gasteiger partial charge in [-0.15, -0.1) is 0 Å². The molecule has 0 saturated heterocycles. The number of carbonyl (C=O) groups is 1. The van der Waals surface area contributed by atoms with E-state index in [1.165, 1.54) is 14.2 Å². The van der Waals surface area contributed by atoms with Crippen molar-refractivity contribution in [1.29, 1.82) is 0 Å². The lowest BCUT2D eigenvalue weighted by molar-refractivity contribution is 0.102. The molecule has 0 aliphatic rings. The number of halogens is 2. The van der Waals surface area contributed by atoms with Crippen LogP contribution >= 0.6 is 23.2 Å². The van der Waals surface area contributed by atoms with E-state index in [4.69, 9.17) is 32.7 Å². The van der Waals surface area contributed by atoms with Crippen molar-refractivity contribution < 1.29 is 14.3 Å². The maximum Gasteiger partial charge on any atom is 0.260 e. The Bertz CT molecular complexity index is 1000. The van der Waals surface area contributed by atoms with Crippen molar-refractivity contribution >= 4 is 34.8 Å². The number of benzene rings is 2. The van der Waals surface area contributed by atoms with Crippen LogP contribution in [0.2, 0.25) is 10.2 Å². The van der Waals surface area contributed by atoms with Crippen LogP contribution in [-0.4, -0.2) is 29.9 Å². The highest BCUT2D eigenvalue weighted by Gasteiger charge is 2.22. The quantitative estimate of drug-likeness (QED) is 0.621. The average Bonchev–Trinajstić information content (AvgIpc) is 2.96. The molecule has 0 aliphatic heterocycles.